The minimum atomic E-state index is 0.190. The second-order valence-electron chi connectivity index (χ2n) is 10.1. The highest BCUT2D eigenvalue weighted by molar-refractivity contribution is 5.43. The molecule has 0 saturated heterocycles. The van der Waals surface area contributed by atoms with Crippen molar-refractivity contribution in [3.63, 3.8) is 0 Å². The smallest absolute Gasteiger partial charge is 0.123 e. The molecule has 2 aromatic carbocycles. The van der Waals surface area contributed by atoms with E-state index in [0.29, 0.717) is 12.5 Å². The maximum Gasteiger partial charge on any atom is 0.123 e. The molecule has 1 aliphatic carbocycles. The fraction of sp³-hybridized carbons (Fsp3) is 0.586. The molecular formula is C29H42O. The first-order valence-electron chi connectivity index (χ1n) is 12.3. The topological polar surface area (TPSA) is 9.23 Å². The lowest BCUT2D eigenvalue weighted by Gasteiger charge is -2.32. The van der Waals surface area contributed by atoms with E-state index in [0.717, 1.165) is 11.7 Å². The van der Waals surface area contributed by atoms with Gasteiger partial charge in [-0.25, -0.2) is 0 Å². The van der Waals surface area contributed by atoms with Crippen LogP contribution in [0.5, 0.6) is 5.75 Å². The lowest BCUT2D eigenvalue weighted by atomic mass is 9.74. The van der Waals surface area contributed by atoms with Gasteiger partial charge in [-0.2, -0.15) is 0 Å². The summed E-state index contributed by atoms with van der Waals surface area (Å²) in [5, 5.41) is 0. The van der Waals surface area contributed by atoms with Gasteiger partial charge in [-0.15, -0.1) is 0 Å². The molecule has 0 aliphatic heterocycles. The molecule has 164 valence electrons. The Morgan fingerprint density at radius 1 is 0.933 bits per heavy atom. The zero-order valence-electron chi connectivity index (χ0n) is 19.8. The van der Waals surface area contributed by atoms with Crippen LogP contribution in [-0.4, -0.2) is 0 Å². The maximum absolute atomic E-state index is 6.50. The van der Waals surface area contributed by atoms with Crippen molar-refractivity contribution in [3.05, 3.63) is 65.2 Å². The number of rotatable bonds is 10. The van der Waals surface area contributed by atoms with E-state index in [-0.39, 0.29) is 5.41 Å². The number of ether oxygens (including phenoxy) is 1. The molecule has 1 aliphatic rings. The predicted molar refractivity (Wildman–Crippen MR) is 129 cm³/mol. The number of hydrogen-bond acceptors (Lipinski definition) is 1. The number of benzene rings is 2. The van der Waals surface area contributed by atoms with Gasteiger partial charge in [0.1, 0.15) is 12.4 Å². The largest absolute Gasteiger partial charge is 0.489 e. The van der Waals surface area contributed by atoms with Crippen LogP contribution in [0.4, 0.5) is 0 Å². The van der Waals surface area contributed by atoms with Crippen molar-refractivity contribution in [2.24, 2.45) is 5.92 Å². The molecule has 0 aromatic heterocycles. The molecule has 1 fully saturated rings. The average Bonchev–Trinajstić information content (AvgIpc) is 2.76. The predicted octanol–water partition coefficient (Wildman–Crippen LogP) is 8.81. The summed E-state index contributed by atoms with van der Waals surface area (Å²) in [4.78, 5) is 0. The molecule has 0 N–H and O–H groups in total. The van der Waals surface area contributed by atoms with E-state index in [1.54, 1.807) is 0 Å². The summed E-state index contributed by atoms with van der Waals surface area (Å²) < 4.78 is 6.50. The van der Waals surface area contributed by atoms with E-state index in [1.165, 1.54) is 74.5 Å². The van der Waals surface area contributed by atoms with Gasteiger partial charge in [0.05, 0.1) is 0 Å². The Balaban J connectivity index is 1.83. The lowest BCUT2D eigenvalue weighted by Crippen LogP contribution is -2.19. The highest BCUT2D eigenvalue weighted by Gasteiger charge is 2.28. The minimum Gasteiger partial charge on any atom is -0.489 e. The first-order valence-corrected chi connectivity index (χ1v) is 12.3. The number of hydrogen-bond donors (Lipinski definition) is 0. The number of unbranched alkanes of at least 4 members (excludes halogenated alkanes) is 3. The lowest BCUT2D eigenvalue weighted by molar-refractivity contribution is 0.281. The molecule has 0 bridgehead atoms. The highest BCUT2D eigenvalue weighted by atomic mass is 16.5. The molecule has 1 nitrogen and oxygen atoms in total. The summed E-state index contributed by atoms with van der Waals surface area (Å²) in [6.07, 6.45) is 11.9. The molecule has 2 aromatic rings. The SMILES string of the molecule is CCCCCCC(C)(C)c1ccc(C2CCCCC2C)c(OCc2ccccc2)c1. The Morgan fingerprint density at radius 3 is 2.43 bits per heavy atom. The maximum atomic E-state index is 6.50. The Hall–Kier alpha value is -1.76. The van der Waals surface area contributed by atoms with Crippen LogP contribution in [0.2, 0.25) is 0 Å². The second-order valence-corrected chi connectivity index (χ2v) is 10.1. The van der Waals surface area contributed by atoms with Crippen LogP contribution in [-0.2, 0) is 12.0 Å². The van der Waals surface area contributed by atoms with Gasteiger partial charge in [0, 0.05) is 0 Å². The van der Waals surface area contributed by atoms with Gasteiger partial charge in [-0.3, -0.25) is 0 Å². The molecule has 0 spiro atoms. The zero-order valence-corrected chi connectivity index (χ0v) is 19.8. The van der Waals surface area contributed by atoms with E-state index < -0.39 is 0 Å². The van der Waals surface area contributed by atoms with Crippen LogP contribution in [0.1, 0.15) is 108 Å². The van der Waals surface area contributed by atoms with Gasteiger partial charge in [-0.05, 0) is 52.8 Å². The molecule has 3 rings (SSSR count). The van der Waals surface area contributed by atoms with Gasteiger partial charge in [0.25, 0.3) is 0 Å². The first-order chi connectivity index (χ1) is 14.5. The summed E-state index contributed by atoms with van der Waals surface area (Å²) in [6.45, 7) is 10.2. The van der Waals surface area contributed by atoms with Crippen LogP contribution < -0.4 is 4.74 Å². The van der Waals surface area contributed by atoms with Crippen LogP contribution in [0.15, 0.2) is 48.5 Å². The molecule has 1 heteroatoms. The van der Waals surface area contributed by atoms with Crippen molar-refractivity contribution >= 4 is 0 Å². The fourth-order valence-electron chi connectivity index (χ4n) is 5.04. The monoisotopic (exact) mass is 406 g/mol. The van der Waals surface area contributed by atoms with Gasteiger partial charge in [0.15, 0.2) is 0 Å². The third kappa shape index (κ3) is 6.13. The third-order valence-electron chi connectivity index (χ3n) is 7.20. The quantitative estimate of drug-likeness (QED) is 0.358. The molecule has 30 heavy (non-hydrogen) atoms. The van der Waals surface area contributed by atoms with Crippen molar-refractivity contribution in [2.75, 3.05) is 0 Å². The molecule has 0 radical (unpaired) electrons. The summed E-state index contributed by atoms with van der Waals surface area (Å²) >= 11 is 0. The molecule has 0 heterocycles. The molecular weight excluding hydrogens is 364 g/mol. The Bertz CT molecular complexity index is 761. The Kier molecular flexibility index (Phi) is 8.42. The van der Waals surface area contributed by atoms with E-state index in [2.05, 4.69) is 76.2 Å². The normalized spacial score (nSPS) is 19.6. The molecule has 0 amide bonds. The van der Waals surface area contributed by atoms with Crippen LogP contribution in [0, 0.1) is 5.92 Å². The van der Waals surface area contributed by atoms with E-state index in [1.807, 2.05) is 0 Å². The minimum absolute atomic E-state index is 0.190. The van der Waals surface area contributed by atoms with Gasteiger partial charge in [-0.1, -0.05) is 115 Å². The van der Waals surface area contributed by atoms with E-state index in [9.17, 15) is 0 Å². The van der Waals surface area contributed by atoms with Crippen LogP contribution >= 0.6 is 0 Å². The van der Waals surface area contributed by atoms with Crippen molar-refractivity contribution < 1.29 is 4.74 Å². The summed E-state index contributed by atoms with van der Waals surface area (Å²) in [6, 6.07) is 17.7. The average molecular weight is 407 g/mol. The van der Waals surface area contributed by atoms with Crippen molar-refractivity contribution in [1.29, 1.82) is 0 Å². The zero-order chi connectivity index (χ0) is 21.4. The van der Waals surface area contributed by atoms with Crippen molar-refractivity contribution in [2.45, 2.75) is 103 Å². The van der Waals surface area contributed by atoms with Gasteiger partial charge >= 0.3 is 0 Å². The van der Waals surface area contributed by atoms with Gasteiger partial charge in [0.2, 0.25) is 0 Å². The highest BCUT2D eigenvalue weighted by Crippen LogP contribution is 2.43. The van der Waals surface area contributed by atoms with Crippen LogP contribution in [0.3, 0.4) is 0 Å². The summed E-state index contributed by atoms with van der Waals surface area (Å²) in [7, 11) is 0. The van der Waals surface area contributed by atoms with Crippen molar-refractivity contribution in [1.82, 2.24) is 0 Å². The second kappa shape index (κ2) is 11.0. The molecule has 2 atom stereocenters. The first kappa shape index (κ1) is 22.9. The Morgan fingerprint density at radius 2 is 1.70 bits per heavy atom. The summed E-state index contributed by atoms with van der Waals surface area (Å²) in [5.74, 6) is 2.49. The van der Waals surface area contributed by atoms with Gasteiger partial charge < -0.3 is 4.74 Å². The fourth-order valence-corrected chi connectivity index (χ4v) is 5.04. The summed E-state index contributed by atoms with van der Waals surface area (Å²) in [5.41, 5.74) is 4.29. The van der Waals surface area contributed by atoms with E-state index in [4.69, 9.17) is 4.74 Å². The molecule has 1 saturated carbocycles. The third-order valence-corrected chi connectivity index (χ3v) is 7.20. The molecule has 2 unspecified atom stereocenters. The van der Waals surface area contributed by atoms with Crippen molar-refractivity contribution in [3.8, 4) is 5.75 Å². The Labute approximate surface area is 185 Å². The van der Waals surface area contributed by atoms with E-state index >= 15 is 0 Å². The standard InChI is InChI=1S/C29H42O/c1-5-6-7-13-20-29(3,4)25-18-19-27(26-17-12-11-14-23(26)2)28(21-25)30-22-24-15-9-8-10-16-24/h8-10,15-16,18-19,21,23,26H,5-7,11-14,17,20,22H2,1-4H3. The van der Waals surface area contributed by atoms with Crippen LogP contribution in [0.25, 0.3) is 0 Å².